The molecule has 4 heteroatoms. The van der Waals surface area contributed by atoms with Crippen LogP contribution < -0.4 is 4.90 Å². The summed E-state index contributed by atoms with van der Waals surface area (Å²) in [6.45, 7) is 7.17. The average Bonchev–Trinajstić information content (AvgIpc) is 2.79. The van der Waals surface area contributed by atoms with E-state index in [0.717, 1.165) is 37.8 Å². The van der Waals surface area contributed by atoms with Gasteiger partial charge in [-0.25, -0.2) is 4.99 Å². The third kappa shape index (κ3) is 9.28. The molecular formula is C27H42N2O2. The van der Waals surface area contributed by atoms with Gasteiger partial charge in [-0.15, -0.1) is 0 Å². The second-order valence-corrected chi connectivity index (χ2v) is 8.67. The Hall–Kier alpha value is -2.10. The van der Waals surface area contributed by atoms with Gasteiger partial charge in [-0.3, -0.25) is 4.79 Å². The van der Waals surface area contributed by atoms with Gasteiger partial charge in [-0.05, 0) is 43.4 Å². The fourth-order valence-corrected chi connectivity index (χ4v) is 4.11. The molecule has 172 valence electrons. The monoisotopic (exact) mass is 426 g/mol. The molecule has 1 heterocycles. The number of ether oxygens (including phenoxy) is 1. The van der Waals surface area contributed by atoms with Gasteiger partial charge in [-0.1, -0.05) is 84.3 Å². The van der Waals surface area contributed by atoms with E-state index in [9.17, 15) is 4.79 Å². The van der Waals surface area contributed by atoms with Crippen LogP contribution in [0.3, 0.4) is 0 Å². The minimum absolute atomic E-state index is 0.0354. The molecule has 0 saturated heterocycles. The van der Waals surface area contributed by atoms with Crippen molar-refractivity contribution in [1.82, 2.24) is 0 Å². The molecule has 0 atom stereocenters. The first-order valence-corrected chi connectivity index (χ1v) is 12.5. The summed E-state index contributed by atoms with van der Waals surface area (Å²) in [4.78, 5) is 19.0. The molecule has 0 aromatic heterocycles. The van der Waals surface area contributed by atoms with E-state index in [4.69, 9.17) is 4.74 Å². The number of anilines is 1. The number of aryl methyl sites for hydroxylation is 1. The molecule has 0 radical (unpaired) electrons. The average molecular weight is 427 g/mol. The lowest BCUT2D eigenvalue weighted by molar-refractivity contribution is -0.144. The molecule has 0 N–H and O–H groups in total. The summed E-state index contributed by atoms with van der Waals surface area (Å²) >= 11 is 0. The number of hydrogen-bond acceptors (Lipinski definition) is 4. The Balaban J connectivity index is 1.89. The fourth-order valence-electron chi connectivity index (χ4n) is 4.11. The molecule has 0 unspecified atom stereocenters. The number of aliphatic imine (C=N–C) groups is 1. The number of carbonyl (C=O) groups excluding carboxylic acids is 1. The number of hydrogen-bond donors (Lipinski definition) is 0. The van der Waals surface area contributed by atoms with E-state index in [2.05, 4.69) is 54.9 Å². The molecule has 0 amide bonds. The van der Waals surface area contributed by atoms with Gasteiger partial charge >= 0.3 is 5.97 Å². The SMILES string of the molecule is CCCCCCCCCc1cccc(N2C=C(OC(=O)C(CCC)CCC)N=CC2)c1. The molecule has 1 aromatic rings. The molecule has 2 rings (SSSR count). The van der Waals surface area contributed by atoms with Crippen LogP contribution in [-0.2, 0) is 16.0 Å². The topological polar surface area (TPSA) is 41.9 Å². The van der Waals surface area contributed by atoms with Crippen LogP contribution in [-0.4, -0.2) is 18.7 Å². The van der Waals surface area contributed by atoms with Crippen molar-refractivity contribution in [3.8, 4) is 0 Å². The summed E-state index contributed by atoms with van der Waals surface area (Å²) < 4.78 is 5.64. The molecule has 1 aromatic carbocycles. The standard InChI is InChI=1S/C27H42N2O2/c1-4-7-8-9-10-11-12-16-23-17-13-18-25(21-23)29-20-19-28-26(22-29)31-27(30)24(14-5-2)15-6-3/h13,17-19,21-22,24H,4-12,14-16,20H2,1-3H3. The Bertz CT molecular complexity index is 705. The van der Waals surface area contributed by atoms with Crippen LogP contribution in [0.15, 0.2) is 41.3 Å². The van der Waals surface area contributed by atoms with E-state index >= 15 is 0 Å². The van der Waals surface area contributed by atoms with Gasteiger partial charge in [0, 0.05) is 11.9 Å². The highest BCUT2D eigenvalue weighted by atomic mass is 16.5. The highest BCUT2D eigenvalue weighted by Gasteiger charge is 2.21. The lowest BCUT2D eigenvalue weighted by atomic mass is 9.99. The van der Waals surface area contributed by atoms with Crippen LogP contribution in [0.4, 0.5) is 5.69 Å². The van der Waals surface area contributed by atoms with E-state index in [0.29, 0.717) is 12.4 Å². The second-order valence-electron chi connectivity index (χ2n) is 8.67. The first kappa shape index (κ1) is 25.2. The lowest BCUT2D eigenvalue weighted by Crippen LogP contribution is -2.25. The summed E-state index contributed by atoms with van der Waals surface area (Å²) in [5.74, 6) is 0.208. The van der Waals surface area contributed by atoms with E-state index in [-0.39, 0.29) is 11.9 Å². The lowest BCUT2D eigenvalue weighted by Gasteiger charge is -2.23. The van der Waals surface area contributed by atoms with Crippen LogP contribution >= 0.6 is 0 Å². The minimum Gasteiger partial charge on any atom is -0.406 e. The van der Waals surface area contributed by atoms with E-state index in [1.165, 1.54) is 50.5 Å². The predicted molar refractivity (Wildman–Crippen MR) is 131 cm³/mol. The van der Waals surface area contributed by atoms with Gasteiger partial charge < -0.3 is 9.64 Å². The highest BCUT2D eigenvalue weighted by molar-refractivity contribution is 5.75. The maximum atomic E-state index is 12.6. The van der Waals surface area contributed by atoms with Crippen LogP contribution in [0.1, 0.15) is 97.0 Å². The maximum Gasteiger partial charge on any atom is 0.315 e. The van der Waals surface area contributed by atoms with Crippen LogP contribution in [0, 0.1) is 5.92 Å². The minimum atomic E-state index is -0.151. The van der Waals surface area contributed by atoms with Crippen molar-refractivity contribution in [2.24, 2.45) is 10.9 Å². The summed E-state index contributed by atoms with van der Waals surface area (Å²) in [7, 11) is 0. The summed E-state index contributed by atoms with van der Waals surface area (Å²) in [5.41, 5.74) is 2.49. The normalized spacial score (nSPS) is 13.5. The molecule has 1 aliphatic heterocycles. The van der Waals surface area contributed by atoms with E-state index in [1.807, 2.05) is 12.4 Å². The highest BCUT2D eigenvalue weighted by Crippen LogP contribution is 2.23. The number of rotatable bonds is 15. The predicted octanol–water partition coefficient (Wildman–Crippen LogP) is 7.43. The van der Waals surface area contributed by atoms with Crippen molar-refractivity contribution in [2.75, 3.05) is 11.4 Å². The van der Waals surface area contributed by atoms with Gasteiger partial charge in [0.25, 0.3) is 0 Å². The van der Waals surface area contributed by atoms with Crippen LogP contribution in [0.2, 0.25) is 0 Å². The molecule has 31 heavy (non-hydrogen) atoms. The van der Waals surface area contributed by atoms with Crippen molar-refractivity contribution < 1.29 is 9.53 Å². The first-order valence-electron chi connectivity index (χ1n) is 12.5. The zero-order valence-corrected chi connectivity index (χ0v) is 19.9. The molecule has 0 fully saturated rings. The van der Waals surface area contributed by atoms with Crippen molar-refractivity contribution in [3.05, 3.63) is 41.9 Å². The van der Waals surface area contributed by atoms with Crippen molar-refractivity contribution in [2.45, 2.75) is 97.8 Å². The van der Waals surface area contributed by atoms with Gasteiger partial charge in [0.1, 0.15) is 0 Å². The number of carbonyl (C=O) groups is 1. The molecule has 0 spiro atoms. The quantitative estimate of drug-likeness (QED) is 0.216. The molecule has 0 aliphatic carbocycles. The largest absolute Gasteiger partial charge is 0.406 e. The Labute approximate surface area is 189 Å². The zero-order valence-electron chi connectivity index (χ0n) is 19.9. The first-order chi connectivity index (χ1) is 15.2. The van der Waals surface area contributed by atoms with Gasteiger partial charge in [0.15, 0.2) is 0 Å². The molecule has 0 saturated carbocycles. The van der Waals surface area contributed by atoms with E-state index in [1.54, 1.807) is 0 Å². The number of nitrogens with zero attached hydrogens (tertiary/aromatic N) is 2. The third-order valence-corrected chi connectivity index (χ3v) is 5.89. The van der Waals surface area contributed by atoms with Gasteiger partial charge in [0.2, 0.25) is 5.88 Å². The molecular weight excluding hydrogens is 384 g/mol. The Morgan fingerprint density at radius 3 is 2.42 bits per heavy atom. The maximum absolute atomic E-state index is 12.6. The Morgan fingerprint density at radius 1 is 1.00 bits per heavy atom. The molecule has 4 nitrogen and oxygen atoms in total. The third-order valence-electron chi connectivity index (χ3n) is 5.89. The summed E-state index contributed by atoms with van der Waals surface area (Å²) in [6.07, 6.45) is 17.8. The number of benzene rings is 1. The number of esters is 1. The smallest absolute Gasteiger partial charge is 0.315 e. The Kier molecular flexibility index (Phi) is 12.0. The van der Waals surface area contributed by atoms with Crippen molar-refractivity contribution in [3.63, 3.8) is 0 Å². The molecule has 0 bridgehead atoms. The van der Waals surface area contributed by atoms with Crippen LogP contribution in [0.5, 0.6) is 0 Å². The van der Waals surface area contributed by atoms with Crippen molar-refractivity contribution >= 4 is 17.9 Å². The molecule has 1 aliphatic rings. The van der Waals surface area contributed by atoms with Crippen LogP contribution in [0.25, 0.3) is 0 Å². The van der Waals surface area contributed by atoms with Crippen molar-refractivity contribution in [1.29, 1.82) is 0 Å². The fraction of sp³-hybridized carbons (Fsp3) is 0.630. The van der Waals surface area contributed by atoms with Gasteiger partial charge in [0.05, 0.1) is 18.7 Å². The Morgan fingerprint density at radius 2 is 1.71 bits per heavy atom. The van der Waals surface area contributed by atoms with Gasteiger partial charge in [-0.2, -0.15) is 0 Å². The summed E-state index contributed by atoms with van der Waals surface area (Å²) in [6, 6.07) is 8.70. The van der Waals surface area contributed by atoms with E-state index < -0.39 is 0 Å². The number of unbranched alkanes of at least 4 members (excludes halogenated alkanes) is 6. The summed E-state index contributed by atoms with van der Waals surface area (Å²) in [5, 5.41) is 0. The second kappa shape index (κ2) is 14.8. The zero-order chi connectivity index (χ0) is 22.3.